The Kier molecular flexibility index (Phi) is 3.02. The van der Waals surface area contributed by atoms with Crippen LogP contribution in [0.5, 0.6) is 0 Å². The molecule has 2 N–H and O–H groups in total. The fourth-order valence-electron chi connectivity index (χ4n) is 1.96. The fraction of sp³-hybridized carbons (Fsp3) is 0.545. The van der Waals surface area contributed by atoms with Gasteiger partial charge in [0.05, 0.1) is 0 Å². The average Bonchev–Trinajstić information content (AvgIpc) is 2.78. The van der Waals surface area contributed by atoms with Crippen LogP contribution in [0.1, 0.15) is 19.0 Å². The van der Waals surface area contributed by atoms with Gasteiger partial charge in [0, 0.05) is 25.3 Å². The van der Waals surface area contributed by atoms with E-state index in [0.717, 1.165) is 19.5 Å². The van der Waals surface area contributed by atoms with Gasteiger partial charge in [0.2, 0.25) is 5.95 Å². The van der Waals surface area contributed by atoms with E-state index in [0.29, 0.717) is 17.6 Å². The number of nitrogens with two attached hydrogens (primary N) is 1. The third kappa shape index (κ3) is 2.12. The topological polar surface area (TPSA) is 78.8 Å². The summed E-state index contributed by atoms with van der Waals surface area (Å²) in [5.41, 5.74) is 6.29. The molecule has 2 unspecified atom stereocenters. The molecular weight excluding hydrogens is 202 g/mol. The summed E-state index contributed by atoms with van der Waals surface area (Å²) < 4.78 is 0. The van der Waals surface area contributed by atoms with Crippen LogP contribution in [0.15, 0.2) is 12.3 Å². The molecule has 0 aliphatic carbocycles. The van der Waals surface area contributed by atoms with Crippen LogP contribution in [-0.4, -0.2) is 29.1 Å². The van der Waals surface area contributed by atoms with Crippen molar-refractivity contribution in [2.24, 2.45) is 11.7 Å². The summed E-state index contributed by atoms with van der Waals surface area (Å²) in [5.74, 6) is 1.14. The van der Waals surface area contributed by atoms with Crippen LogP contribution in [0.25, 0.3) is 0 Å². The lowest BCUT2D eigenvalue weighted by atomic mass is 10.0. The Hall–Kier alpha value is -1.67. The molecule has 1 saturated heterocycles. The molecule has 2 heterocycles. The third-order valence-corrected chi connectivity index (χ3v) is 3.01. The van der Waals surface area contributed by atoms with Gasteiger partial charge < -0.3 is 10.6 Å². The molecule has 5 nitrogen and oxygen atoms in total. The minimum atomic E-state index is 0.198. The summed E-state index contributed by atoms with van der Waals surface area (Å²) in [6.45, 7) is 3.83. The first-order valence-corrected chi connectivity index (χ1v) is 5.44. The molecule has 5 heteroatoms. The summed E-state index contributed by atoms with van der Waals surface area (Å²) in [4.78, 5) is 10.5. The second-order valence-corrected chi connectivity index (χ2v) is 4.21. The van der Waals surface area contributed by atoms with E-state index >= 15 is 0 Å². The van der Waals surface area contributed by atoms with Crippen LogP contribution in [0.4, 0.5) is 5.95 Å². The normalized spacial score (nSPS) is 21.8. The number of anilines is 1. The monoisotopic (exact) mass is 217 g/mol. The van der Waals surface area contributed by atoms with Crippen LogP contribution in [0, 0.1) is 17.2 Å². The lowest BCUT2D eigenvalue weighted by Crippen LogP contribution is -2.30. The van der Waals surface area contributed by atoms with Crippen molar-refractivity contribution < 1.29 is 0 Å². The second-order valence-electron chi connectivity index (χ2n) is 4.21. The Balaban J connectivity index is 2.12. The zero-order valence-corrected chi connectivity index (χ0v) is 9.30. The average molecular weight is 217 g/mol. The van der Waals surface area contributed by atoms with Gasteiger partial charge in [-0.3, -0.25) is 0 Å². The molecule has 0 saturated carbocycles. The molecule has 16 heavy (non-hydrogen) atoms. The van der Waals surface area contributed by atoms with Crippen molar-refractivity contribution in [2.75, 3.05) is 18.0 Å². The molecule has 1 aliphatic heterocycles. The van der Waals surface area contributed by atoms with Crippen molar-refractivity contribution in [1.29, 1.82) is 5.26 Å². The highest BCUT2D eigenvalue weighted by atomic mass is 15.3. The van der Waals surface area contributed by atoms with E-state index in [-0.39, 0.29) is 6.04 Å². The number of nitrogens with zero attached hydrogens (tertiary/aromatic N) is 4. The fourth-order valence-corrected chi connectivity index (χ4v) is 1.96. The van der Waals surface area contributed by atoms with E-state index in [1.807, 2.05) is 13.0 Å². The van der Waals surface area contributed by atoms with E-state index in [4.69, 9.17) is 11.0 Å². The highest BCUT2D eigenvalue weighted by Crippen LogP contribution is 2.22. The molecule has 2 rings (SSSR count). The maximum absolute atomic E-state index is 8.77. The van der Waals surface area contributed by atoms with Crippen molar-refractivity contribution >= 4 is 5.95 Å². The van der Waals surface area contributed by atoms with E-state index in [1.54, 1.807) is 12.3 Å². The van der Waals surface area contributed by atoms with Crippen molar-refractivity contribution in [3.63, 3.8) is 0 Å². The zero-order valence-electron chi connectivity index (χ0n) is 9.30. The highest BCUT2D eigenvalue weighted by molar-refractivity contribution is 5.35. The standard InChI is InChI=1S/C11H15N5/c1-8(13)9-3-5-16(7-9)11-14-4-2-10(6-12)15-11/h2,4,8-9H,3,5,7,13H2,1H3. The number of aromatic nitrogens is 2. The zero-order chi connectivity index (χ0) is 11.5. The van der Waals surface area contributed by atoms with Gasteiger partial charge in [0.1, 0.15) is 11.8 Å². The Labute approximate surface area is 94.9 Å². The van der Waals surface area contributed by atoms with Crippen molar-refractivity contribution in [3.8, 4) is 6.07 Å². The lowest BCUT2D eigenvalue weighted by Gasteiger charge is -2.17. The van der Waals surface area contributed by atoms with E-state index in [2.05, 4.69) is 14.9 Å². The lowest BCUT2D eigenvalue weighted by molar-refractivity contribution is 0.487. The maximum atomic E-state index is 8.77. The molecule has 2 atom stereocenters. The van der Waals surface area contributed by atoms with Gasteiger partial charge in [0.25, 0.3) is 0 Å². The van der Waals surface area contributed by atoms with Gasteiger partial charge in [-0.25, -0.2) is 9.97 Å². The van der Waals surface area contributed by atoms with Gasteiger partial charge in [-0.2, -0.15) is 5.26 Å². The van der Waals surface area contributed by atoms with Crippen LogP contribution in [0.2, 0.25) is 0 Å². The molecule has 1 aromatic rings. The summed E-state index contributed by atoms with van der Waals surface area (Å²) in [7, 11) is 0. The number of hydrogen-bond donors (Lipinski definition) is 1. The molecule has 1 aliphatic rings. The SMILES string of the molecule is CC(N)C1CCN(c2nccc(C#N)n2)C1. The first-order chi connectivity index (χ1) is 7.70. The predicted octanol–water partition coefficient (Wildman–Crippen LogP) is 0.522. The van der Waals surface area contributed by atoms with E-state index in [1.165, 1.54) is 0 Å². The van der Waals surface area contributed by atoms with Gasteiger partial charge in [-0.1, -0.05) is 0 Å². The Bertz CT molecular complexity index is 409. The first-order valence-electron chi connectivity index (χ1n) is 5.44. The van der Waals surface area contributed by atoms with Crippen LogP contribution >= 0.6 is 0 Å². The molecule has 0 aromatic carbocycles. The molecule has 0 radical (unpaired) electrons. The van der Waals surface area contributed by atoms with Gasteiger partial charge >= 0.3 is 0 Å². The summed E-state index contributed by atoms with van der Waals surface area (Å²) in [6, 6.07) is 3.83. The molecule has 84 valence electrons. The Morgan fingerprint density at radius 2 is 2.50 bits per heavy atom. The first kappa shape index (κ1) is 10.8. The van der Waals surface area contributed by atoms with Crippen molar-refractivity contribution in [3.05, 3.63) is 18.0 Å². The molecule has 1 fully saturated rings. The molecule has 1 aromatic heterocycles. The third-order valence-electron chi connectivity index (χ3n) is 3.01. The van der Waals surface area contributed by atoms with Crippen molar-refractivity contribution in [2.45, 2.75) is 19.4 Å². The highest BCUT2D eigenvalue weighted by Gasteiger charge is 2.26. The summed E-state index contributed by atoms with van der Waals surface area (Å²) in [6.07, 6.45) is 2.69. The maximum Gasteiger partial charge on any atom is 0.226 e. The number of nitriles is 1. The number of hydrogen-bond acceptors (Lipinski definition) is 5. The molecule has 0 spiro atoms. The predicted molar refractivity (Wildman–Crippen MR) is 60.7 cm³/mol. The van der Waals surface area contributed by atoms with Crippen molar-refractivity contribution in [1.82, 2.24) is 9.97 Å². The smallest absolute Gasteiger partial charge is 0.226 e. The largest absolute Gasteiger partial charge is 0.340 e. The number of rotatable bonds is 2. The van der Waals surface area contributed by atoms with E-state index < -0.39 is 0 Å². The minimum Gasteiger partial charge on any atom is -0.340 e. The van der Waals surface area contributed by atoms with Gasteiger partial charge in [0.15, 0.2) is 0 Å². The van der Waals surface area contributed by atoms with Gasteiger partial charge in [-0.05, 0) is 25.3 Å². The Morgan fingerprint density at radius 1 is 1.69 bits per heavy atom. The summed E-state index contributed by atoms with van der Waals surface area (Å²) >= 11 is 0. The molecular formula is C11H15N5. The second kappa shape index (κ2) is 4.45. The van der Waals surface area contributed by atoms with Gasteiger partial charge in [-0.15, -0.1) is 0 Å². The Morgan fingerprint density at radius 3 is 3.12 bits per heavy atom. The molecule has 0 amide bonds. The van der Waals surface area contributed by atoms with Crippen LogP contribution < -0.4 is 10.6 Å². The van der Waals surface area contributed by atoms with Crippen LogP contribution in [0.3, 0.4) is 0 Å². The van der Waals surface area contributed by atoms with Crippen LogP contribution in [-0.2, 0) is 0 Å². The molecule has 0 bridgehead atoms. The quantitative estimate of drug-likeness (QED) is 0.781. The van der Waals surface area contributed by atoms with E-state index in [9.17, 15) is 0 Å². The summed E-state index contributed by atoms with van der Waals surface area (Å²) in [5, 5.41) is 8.77. The minimum absolute atomic E-state index is 0.198.